The first-order chi connectivity index (χ1) is 11.4. The van der Waals surface area contributed by atoms with Crippen molar-refractivity contribution in [3.8, 4) is 0 Å². The van der Waals surface area contributed by atoms with Gasteiger partial charge in [0.05, 0.1) is 17.4 Å². The fraction of sp³-hybridized carbons (Fsp3) is 0.333. The first-order valence-electron chi connectivity index (χ1n) is 7.24. The number of nitrogens with zero attached hydrogens (tertiary/aromatic N) is 1. The van der Waals surface area contributed by atoms with Crippen LogP contribution < -0.4 is 15.6 Å². The van der Waals surface area contributed by atoms with Gasteiger partial charge in [-0.15, -0.1) is 0 Å². The van der Waals surface area contributed by atoms with E-state index in [1.807, 2.05) is 0 Å². The van der Waals surface area contributed by atoms with Gasteiger partial charge in [-0.3, -0.25) is 9.32 Å². The predicted octanol–water partition coefficient (Wildman–Crippen LogP) is 1.09. The van der Waals surface area contributed by atoms with Crippen LogP contribution in [-0.2, 0) is 16.6 Å². The zero-order valence-electron chi connectivity index (χ0n) is 13.5. The second-order valence-corrected chi connectivity index (χ2v) is 6.22. The Hall–Kier alpha value is -2.55. The van der Waals surface area contributed by atoms with Crippen LogP contribution in [0, 0.1) is 0 Å². The lowest BCUT2D eigenvalue weighted by atomic mass is 10.2. The Morgan fingerprint density at radius 1 is 1.38 bits per heavy atom. The Labute approximate surface area is 142 Å². The molecule has 0 saturated carbocycles. The van der Waals surface area contributed by atoms with Gasteiger partial charge in [0, 0.05) is 5.69 Å². The Balaban J connectivity index is 1.98. The molecular formula is C15H18N3O5S+. The summed E-state index contributed by atoms with van der Waals surface area (Å²) < 4.78 is 10.9. The molecule has 0 spiro atoms. The van der Waals surface area contributed by atoms with Gasteiger partial charge in [-0.1, -0.05) is 4.68 Å². The zero-order valence-corrected chi connectivity index (χ0v) is 14.3. The summed E-state index contributed by atoms with van der Waals surface area (Å²) in [5, 5.41) is 4.91. The van der Waals surface area contributed by atoms with E-state index in [1.165, 1.54) is 4.68 Å². The Kier molecular flexibility index (Phi) is 5.80. The van der Waals surface area contributed by atoms with Crippen molar-refractivity contribution in [2.75, 3.05) is 11.9 Å². The van der Waals surface area contributed by atoms with Crippen LogP contribution >= 0.6 is 11.8 Å². The van der Waals surface area contributed by atoms with Gasteiger partial charge in [0.15, 0.2) is 7.05 Å². The first-order valence-corrected chi connectivity index (χ1v) is 8.12. The molecule has 2 rings (SSSR count). The summed E-state index contributed by atoms with van der Waals surface area (Å²) in [6, 6.07) is 6.39. The summed E-state index contributed by atoms with van der Waals surface area (Å²) in [6.45, 7) is 3.71. The summed E-state index contributed by atoms with van der Waals surface area (Å²) in [6.07, 6.45) is 0. The summed E-state index contributed by atoms with van der Waals surface area (Å²) in [7, 11) is 1.62. The second kappa shape index (κ2) is 7.82. The molecule has 0 bridgehead atoms. The number of aromatic amines is 1. The number of carbonyl (C=O) groups is 2. The Bertz CT molecular complexity index is 781. The largest absolute Gasteiger partial charge is 0.462 e. The van der Waals surface area contributed by atoms with Crippen LogP contribution in [0.3, 0.4) is 0 Å². The van der Waals surface area contributed by atoms with E-state index >= 15 is 0 Å². The molecule has 128 valence electrons. The number of thioether (sulfide) groups is 1. The van der Waals surface area contributed by atoms with Gasteiger partial charge in [0.25, 0.3) is 0 Å². The molecule has 0 saturated heterocycles. The number of anilines is 1. The third-order valence-electron chi connectivity index (χ3n) is 3.08. The SMILES string of the molecule is CCOC(=O)c1ccc(NC(=O)C(C)Sc2c(=O)o[nH][n+]2C)cc1. The molecular weight excluding hydrogens is 334 g/mol. The standard InChI is InChI=1S/C15H17N3O5S/c1-4-22-14(20)10-5-7-11(8-6-10)16-12(19)9(2)24-13-15(21)23-17-18(13)3/h5-9H,4H2,1-3H3,(H-,16,17,19,20,21)/p+1. The maximum absolute atomic E-state index is 12.2. The summed E-state index contributed by atoms with van der Waals surface area (Å²) in [4.78, 5) is 35.3. The highest BCUT2D eigenvalue weighted by Gasteiger charge is 2.25. The van der Waals surface area contributed by atoms with Crippen molar-refractivity contribution >= 4 is 29.3 Å². The number of rotatable bonds is 6. The van der Waals surface area contributed by atoms with E-state index in [0.29, 0.717) is 22.9 Å². The van der Waals surface area contributed by atoms with Crippen LogP contribution in [0.4, 0.5) is 5.69 Å². The van der Waals surface area contributed by atoms with Crippen molar-refractivity contribution in [2.45, 2.75) is 24.1 Å². The topological polar surface area (TPSA) is 105 Å². The van der Waals surface area contributed by atoms with Crippen LogP contribution in [0.5, 0.6) is 0 Å². The van der Waals surface area contributed by atoms with Gasteiger partial charge >= 0.3 is 16.6 Å². The highest BCUT2D eigenvalue weighted by Crippen LogP contribution is 2.19. The van der Waals surface area contributed by atoms with Crippen LogP contribution in [0.15, 0.2) is 38.6 Å². The van der Waals surface area contributed by atoms with Crippen LogP contribution in [-0.4, -0.2) is 29.0 Å². The summed E-state index contributed by atoms with van der Waals surface area (Å²) in [5.41, 5.74) is 0.432. The average Bonchev–Trinajstić information content (AvgIpc) is 2.87. The smallest absolute Gasteiger partial charge is 0.441 e. The minimum atomic E-state index is -0.527. The minimum absolute atomic E-state index is 0.274. The molecule has 0 aliphatic heterocycles. The lowest BCUT2D eigenvalue weighted by molar-refractivity contribution is -0.772. The normalized spacial score (nSPS) is 11.8. The van der Waals surface area contributed by atoms with Crippen molar-refractivity contribution in [1.29, 1.82) is 0 Å². The van der Waals surface area contributed by atoms with Gasteiger partial charge in [0.2, 0.25) is 5.91 Å². The molecule has 0 aliphatic rings. The molecule has 0 aliphatic carbocycles. The molecule has 8 nitrogen and oxygen atoms in total. The number of aryl methyl sites for hydroxylation is 1. The molecule has 2 aromatic rings. The zero-order chi connectivity index (χ0) is 17.7. The van der Waals surface area contributed by atoms with Crippen molar-refractivity contribution in [3.05, 3.63) is 40.2 Å². The predicted molar refractivity (Wildman–Crippen MR) is 86.9 cm³/mol. The molecule has 0 fully saturated rings. The third-order valence-corrected chi connectivity index (χ3v) is 4.31. The van der Waals surface area contributed by atoms with E-state index < -0.39 is 16.8 Å². The third kappa shape index (κ3) is 4.25. The first kappa shape index (κ1) is 17.8. The van der Waals surface area contributed by atoms with Gasteiger partial charge in [-0.25, -0.2) is 9.59 Å². The van der Waals surface area contributed by atoms with Crippen LogP contribution in [0.1, 0.15) is 24.2 Å². The number of hydrogen-bond donors (Lipinski definition) is 2. The Morgan fingerprint density at radius 2 is 2.04 bits per heavy atom. The molecule has 1 amide bonds. The fourth-order valence-electron chi connectivity index (χ4n) is 1.83. The number of ether oxygens (including phenoxy) is 1. The highest BCUT2D eigenvalue weighted by atomic mass is 32.2. The van der Waals surface area contributed by atoms with Crippen molar-refractivity contribution in [1.82, 2.24) is 5.27 Å². The minimum Gasteiger partial charge on any atom is -0.462 e. The van der Waals surface area contributed by atoms with E-state index in [0.717, 1.165) is 11.8 Å². The van der Waals surface area contributed by atoms with Crippen molar-refractivity contribution in [3.63, 3.8) is 0 Å². The van der Waals surface area contributed by atoms with Crippen LogP contribution in [0.25, 0.3) is 0 Å². The second-order valence-electron chi connectivity index (χ2n) is 4.89. The molecule has 1 aromatic carbocycles. The molecule has 24 heavy (non-hydrogen) atoms. The lowest BCUT2D eigenvalue weighted by Crippen LogP contribution is -2.35. The molecule has 1 heterocycles. The molecule has 1 aromatic heterocycles. The Morgan fingerprint density at radius 3 is 2.58 bits per heavy atom. The molecule has 1 atom stereocenters. The van der Waals surface area contributed by atoms with E-state index in [2.05, 4.69) is 15.1 Å². The summed E-state index contributed by atoms with van der Waals surface area (Å²) in [5.74, 6) is -0.685. The van der Waals surface area contributed by atoms with Crippen molar-refractivity contribution in [2.24, 2.45) is 7.05 Å². The maximum Gasteiger partial charge on any atom is 0.441 e. The maximum atomic E-state index is 12.2. The number of nitrogens with one attached hydrogen (secondary N) is 2. The number of esters is 1. The van der Waals surface area contributed by atoms with E-state index in [-0.39, 0.29) is 5.91 Å². The molecule has 1 unspecified atom stereocenters. The van der Waals surface area contributed by atoms with Gasteiger partial charge in [-0.2, -0.15) is 0 Å². The molecule has 2 N–H and O–H groups in total. The van der Waals surface area contributed by atoms with Crippen molar-refractivity contribution < 1.29 is 23.5 Å². The van der Waals surface area contributed by atoms with E-state index in [9.17, 15) is 14.4 Å². The monoisotopic (exact) mass is 352 g/mol. The molecule has 9 heteroatoms. The quantitative estimate of drug-likeness (QED) is 0.458. The number of hydrogen-bond acceptors (Lipinski definition) is 6. The number of H-pyrrole nitrogens is 1. The number of aromatic nitrogens is 2. The van der Waals surface area contributed by atoms with E-state index in [4.69, 9.17) is 4.74 Å². The summed E-state index contributed by atoms with van der Waals surface area (Å²) >= 11 is 1.08. The van der Waals surface area contributed by atoms with Gasteiger partial charge in [0.1, 0.15) is 0 Å². The lowest BCUT2D eigenvalue weighted by Gasteiger charge is -2.09. The number of benzene rings is 1. The van der Waals surface area contributed by atoms with E-state index in [1.54, 1.807) is 45.2 Å². The van der Waals surface area contributed by atoms with Gasteiger partial charge in [-0.05, 0) is 55.1 Å². The molecule has 0 radical (unpaired) electrons. The van der Waals surface area contributed by atoms with Gasteiger partial charge < -0.3 is 10.1 Å². The van der Waals surface area contributed by atoms with Crippen LogP contribution in [0.2, 0.25) is 0 Å². The highest BCUT2D eigenvalue weighted by molar-refractivity contribution is 8.00. The number of carbonyl (C=O) groups excluding carboxylic acids is 2. The fourth-order valence-corrected chi connectivity index (χ4v) is 2.66. The number of amides is 1. The average molecular weight is 352 g/mol.